The molecule has 0 unspecified atom stereocenters. The number of hydrogen-bond acceptors (Lipinski definition) is 6. The molecule has 2 amide bonds. The monoisotopic (exact) mass is 352 g/mol. The van der Waals surface area contributed by atoms with Crippen molar-refractivity contribution in [3.05, 3.63) is 59.7 Å². The fourth-order valence-corrected chi connectivity index (χ4v) is 3.20. The van der Waals surface area contributed by atoms with Crippen molar-refractivity contribution in [2.45, 2.75) is 6.10 Å². The van der Waals surface area contributed by atoms with Crippen LogP contribution in [0.1, 0.15) is 5.56 Å². The molecule has 1 fully saturated rings. The zero-order valence-corrected chi connectivity index (χ0v) is 14.2. The van der Waals surface area contributed by atoms with Gasteiger partial charge in [0.1, 0.15) is 0 Å². The molecule has 7 heteroatoms. The zero-order valence-electron chi connectivity index (χ0n) is 14.2. The SMILES string of the molecule is COc1cccc(C2=C3C(=O)N(c4ccccc4)C(=O)[C@H]3ON2)c1OC. The van der Waals surface area contributed by atoms with Gasteiger partial charge in [0, 0.05) is 5.56 Å². The molecule has 1 atom stereocenters. The highest BCUT2D eigenvalue weighted by atomic mass is 16.7. The molecule has 0 aromatic heterocycles. The number of nitrogens with zero attached hydrogens (tertiary/aromatic N) is 1. The minimum Gasteiger partial charge on any atom is -0.493 e. The van der Waals surface area contributed by atoms with E-state index in [-0.39, 0.29) is 5.57 Å². The standard InChI is InChI=1S/C19H16N2O5/c1-24-13-10-6-9-12(16(13)25-2)15-14-17(26-20-15)19(23)21(18(14)22)11-7-4-3-5-8-11/h3-10,17,20H,1-2H3/t17-/m0/s1. The molecule has 0 spiro atoms. The predicted molar refractivity (Wildman–Crippen MR) is 93.4 cm³/mol. The number of carbonyl (C=O) groups excluding carboxylic acids is 2. The number of carbonyl (C=O) groups is 2. The maximum absolute atomic E-state index is 13.0. The van der Waals surface area contributed by atoms with Crippen LogP contribution in [-0.4, -0.2) is 32.1 Å². The molecule has 132 valence electrons. The summed E-state index contributed by atoms with van der Waals surface area (Å²) in [7, 11) is 3.04. The summed E-state index contributed by atoms with van der Waals surface area (Å²) in [6.07, 6.45) is -0.992. The quantitative estimate of drug-likeness (QED) is 0.847. The lowest BCUT2D eigenvalue weighted by atomic mass is 10.0. The van der Waals surface area contributed by atoms with E-state index in [1.54, 1.807) is 42.5 Å². The van der Waals surface area contributed by atoms with Crippen molar-refractivity contribution in [3.8, 4) is 11.5 Å². The van der Waals surface area contributed by atoms with Crippen LogP contribution in [0.3, 0.4) is 0 Å². The number of hydrogen-bond donors (Lipinski definition) is 1. The molecule has 2 aliphatic heterocycles. The number of rotatable bonds is 4. The van der Waals surface area contributed by atoms with Crippen LogP contribution in [0.25, 0.3) is 5.70 Å². The number of hydroxylamine groups is 1. The van der Waals surface area contributed by atoms with Crippen LogP contribution >= 0.6 is 0 Å². The van der Waals surface area contributed by atoms with Crippen LogP contribution in [0.4, 0.5) is 5.69 Å². The second kappa shape index (κ2) is 6.20. The van der Waals surface area contributed by atoms with E-state index < -0.39 is 17.9 Å². The summed E-state index contributed by atoms with van der Waals surface area (Å²) in [4.78, 5) is 32.2. The molecule has 2 heterocycles. The van der Waals surface area contributed by atoms with Gasteiger partial charge in [0.25, 0.3) is 11.8 Å². The summed E-state index contributed by atoms with van der Waals surface area (Å²) in [5.74, 6) is 0.115. The van der Waals surface area contributed by atoms with Crippen molar-refractivity contribution in [1.82, 2.24) is 5.48 Å². The predicted octanol–water partition coefficient (Wildman–Crippen LogP) is 1.89. The maximum atomic E-state index is 13.0. The number of imide groups is 1. The van der Waals surface area contributed by atoms with Crippen LogP contribution in [0.15, 0.2) is 54.1 Å². The summed E-state index contributed by atoms with van der Waals surface area (Å²) in [5.41, 5.74) is 4.46. The topological polar surface area (TPSA) is 77.1 Å². The molecular formula is C19H16N2O5. The van der Waals surface area contributed by atoms with E-state index in [0.29, 0.717) is 28.4 Å². The van der Waals surface area contributed by atoms with E-state index in [1.165, 1.54) is 14.2 Å². The highest BCUT2D eigenvalue weighted by Crippen LogP contribution is 2.41. The number of para-hydroxylation sites is 2. The molecule has 1 saturated heterocycles. The Kier molecular flexibility index (Phi) is 3.85. The molecule has 1 N–H and O–H groups in total. The first-order valence-corrected chi connectivity index (χ1v) is 7.98. The molecule has 0 bridgehead atoms. The van der Waals surface area contributed by atoms with E-state index in [1.807, 2.05) is 6.07 Å². The summed E-state index contributed by atoms with van der Waals surface area (Å²) < 4.78 is 10.7. The number of fused-ring (bicyclic) bond motifs is 1. The minimum absolute atomic E-state index is 0.255. The number of nitrogens with one attached hydrogen (secondary N) is 1. The van der Waals surface area contributed by atoms with Crippen molar-refractivity contribution >= 4 is 23.2 Å². The summed E-state index contributed by atoms with van der Waals surface area (Å²) >= 11 is 0. The first kappa shape index (κ1) is 16.2. The Morgan fingerprint density at radius 1 is 1.00 bits per heavy atom. The Balaban J connectivity index is 1.84. The van der Waals surface area contributed by atoms with Gasteiger partial charge >= 0.3 is 0 Å². The highest BCUT2D eigenvalue weighted by molar-refractivity contribution is 6.33. The Morgan fingerprint density at radius 2 is 1.77 bits per heavy atom. The average molecular weight is 352 g/mol. The van der Waals surface area contributed by atoms with Crippen LogP contribution in [0.2, 0.25) is 0 Å². The Bertz CT molecular complexity index is 923. The van der Waals surface area contributed by atoms with E-state index >= 15 is 0 Å². The van der Waals surface area contributed by atoms with Gasteiger partial charge in [-0.05, 0) is 24.3 Å². The first-order valence-electron chi connectivity index (χ1n) is 7.98. The molecule has 4 rings (SSSR count). The van der Waals surface area contributed by atoms with E-state index in [2.05, 4.69) is 5.48 Å². The van der Waals surface area contributed by atoms with Gasteiger partial charge in [0.2, 0.25) is 0 Å². The smallest absolute Gasteiger partial charge is 0.270 e. The second-order valence-corrected chi connectivity index (χ2v) is 5.74. The van der Waals surface area contributed by atoms with Gasteiger partial charge in [-0.1, -0.05) is 24.3 Å². The van der Waals surface area contributed by atoms with Crippen LogP contribution in [0, 0.1) is 0 Å². The van der Waals surface area contributed by atoms with Gasteiger partial charge in [-0.2, -0.15) is 0 Å². The third-order valence-electron chi connectivity index (χ3n) is 4.38. The summed E-state index contributed by atoms with van der Waals surface area (Å²) in [6.45, 7) is 0. The van der Waals surface area contributed by atoms with E-state index in [9.17, 15) is 9.59 Å². The molecular weight excluding hydrogens is 336 g/mol. The number of benzene rings is 2. The van der Waals surface area contributed by atoms with Gasteiger partial charge in [-0.15, -0.1) is 0 Å². The van der Waals surface area contributed by atoms with Crippen molar-refractivity contribution in [2.75, 3.05) is 19.1 Å². The van der Waals surface area contributed by atoms with Gasteiger partial charge in [0.15, 0.2) is 17.6 Å². The molecule has 7 nitrogen and oxygen atoms in total. The zero-order chi connectivity index (χ0) is 18.3. The van der Waals surface area contributed by atoms with Crippen molar-refractivity contribution in [3.63, 3.8) is 0 Å². The van der Waals surface area contributed by atoms with Gasteiger partial charge in [0.05, 0.1) is 31.2 Å². The third kappa shape index (κ3) is 2.25. The van der Waals surface area contributed by atoms with Crippen LogP contribution < -0.4 is 19.9 Å². The second-order valence-electron chi connectivity index (χ2n) is 5.74. The molecule has 2 aliphatic rings. The third-order valence-corrected chi connectivity index (χ3v) is 4.38. The number of amides is 2. The first-order chi connectivity index (χ1) is 12.7. The fourth-order valence-electron chi connectivity index (χ4n) is 3.20. The molecule has 2 aromatic rings. The van der Waals surface area contributed by atoms with Gasteiger partial charge < -0.3 is 9.47 Å². The lowest BCUT2D eigenvalue weighted by molar-refractivity contribution is -0.127. The molecule has 26 heavy (non-hydrogen) atoms. The van der Waals surface area contributed by atoms with Crippen LogP contribution in [-0.2, 0) is 14.4 Å². The van der Waals surface area contributed by atoms with Crippen molar-refractivity contribution in [1.29, 1.82) is 0 Å². The molecule has 2 aromatic carbocycles. The maximum Gasteiger partial charge on any atom is 0.270 e. The Labute approximate surface area is 149 Å². The summed E-state index contributed by atoms with van der Waals surface area (Å²) in [5, 5.41) is 0. The molecule has 0 aliphatic carbocycles. The highest BCUT2D eigenvalue weighted by Gasteiger charge is 2.51. The largest absolute Gasteiger partial charge is 0.493 e. The van der Waals surface area contributed by atoms with Crippen molar-refractivity contribution < 1.29 is 23.9 Å². The van der Waals surface area contributed by atoms with E-state index in [4.69, 9.17) is 14.3 Å². The fraction of sp³-hybridized carbons (Fsp3) is 0.158. The Hall–Kier alpha value is -3.32. The minimum atomic E-state index is -0.992. The number of ether oxygens (including phenoxy) is 2. The average Bonchev–Trinajstić information content (AvgIpc) is 3.22. The molecule has 0 saturated carbocycles. The number of anilines is 1. The van der Waals surface area contributed by atoms with Crippen molar-refractivity contribution in [2.24, 2.45) is 0 Å². The summed E-state index contributed by atoms with van der Waals surface area (Å²) in [6, 6.07) is 14.1. The molecule has 0 radical (unpaired) electrons. The van der Waals surface area contributed by atoms with Gasteiger partial charge in [-0.25, -0.2) is 4.90 Å². The Morgan fingerprint density at radius 3 is 2.46 bits per heavy atom. The van der Waals surface area contributed by atoms with Gasteiger partial charge in [-0.3, -0.25) is 19.9 Å². The lowest BCUT2D eigenvalue weighted by Crippen LogP contribution is -2.34. The lowest BCUT2D eigenvalue weighted by Gasteiger charge is -2.17. The normalized spacial score (nSPS) is 18.8. The number of methoxy groups -OCH3 is 2. The van der Waals surface area contributed by atoms with E-state index in [0.717, 1.165) is 4.90 Å². The van der Waals surface area contributed by atoms with Crippen LogP contribution in [0.5, 0.6) is 11.5 Å².